The molecule has 0 spiro atoms. The largest absolute Gasteiger partial charge is 0.493 e. The maximum Gasteiger partial charge on any atom is 0.161 e. The molecule has 0 aromatic heterocycles. The topological polar surface area (TPSA) is 55.4 Å². The van der Waals surface area contributed by atoms with Gasteiger partial charge in [0.05, 0.1) is 54.4 Å². The van der Waals surface area contributed by atoms with Crippen LogP contribution in [0.4, 0.5) is 0 Å². The summed E-state index contributed by atoms with van der Waals surface area (Å²) in [6.45, 7) is 5.50. The molecule has 1 saturated heterocycles. The fourth-order valence-electron chi connectivity index (χ4n) is 4.13. The molecule has 6 heteroatoms. The Morgan fingerprint density at radius 1 is 0.903 bits per heavy atom. The molecule has 0 saturated carbocycles. The molecule has 2 unspecified atom stereocenters. The van der Waals surface area contributed by atoms with Crippen molar-refractivity contribution in [3.63, 3.8) is 0 Å². The summed E-state index contributed by atoms with van der Waals surface area (Å²) in [5.74, 6) is 3.33. The number of methoxy groups -OCH3 is 4. The first-order chi connectivity index (χ1) is 15.1. The quantitative estimate of drug-likeness (QED) is 0.389. The molecule has 0 radical (unpaired) electrons. The van der Waals surface area contributed by atoms with Gasteiger partial charge in [0.1, 0.15) is 0 Å². The van der Waals surface area contributed by atoms with Crippen molar-refractivity contribution in [1.82, 2.24) is 0 Å². The zero-order valence-electron chi connectivity index (χ0n) is 18.8. The van der Waals surface area contributed by atoms with Gasteiger partial charge in [-0.25, -0.2) is 0 Å². The van der Waals surface area contributed by atoms with Gasteiger partial charge in [0.25, 0.3) is 0 Å². The first-order valence-corrected chi connectivity index (χ1v) is 10.4. The molecule has 1 fully saturated rings. The van der Waals surface area contributed by atoms with Crippen molar-refractivity contribution in [2.45, 2.75) is 12.5 Å². The predicted octanol–water partition coefficient (Wildman–Crippen LogP) is 4.47. The zero-order chi connectivity index (χ0) is 22.2. The summed E-state index contributed by atoms with van der Waals surface area (Å²) in [4.78, 5) is 0. The summed E-state index contributed by atoms with van der Waals surface area (Å²) < 4.78 is 33.9. The highest BCUT2D eigenvalue weighted by Gasteiger charge is 2.38. The highest BCUT2D eigenvalue weighted by atomic mass is 16.5. The summed E-state index contributed by atoms with van der Waals surface area (Å²) in [5, 5.41) is 0. The molecule has 1 heterocycles. The Balaban J connectivity index is 1.83. The normalized spacial score (nSPS) is 20.3. The molecule has 6 nitrogen and oxygen atoms in total. The average molecular weight is 429 g/mol. The highest BCUT2D eigenvalue weighted by Crippen LogP contribution is 2.43. The van der Waals surface area contributed by atoms with Gasteiger partial charge < -0.3 is 28.4 Å². The number of hydrogen-bond acceptors (Lipinski definition) is 6. The smallest absolute Gasteiger partial charge is 0.161 e. The van der Waals surface area contributed by atoms with Gasteiger partial charge in [-0.1, -0.05) is 18.2 Å². The lowest BCUT2D eigenvalue weighted by Gasteiger charge is -2.24. The van der Waals surface area contributed by atoms with E-state index in [0.29, 0.717) is 37.2 Å². The molecule has 2 aromatic rings. The van der Waals surface area contributed by atoms with E-state index in [0.717, 1.165) is 23.5 Å². The third kappa shape index (κ3) is 5.32. The fourth-order valence-corrected chi connectivity index (χ4v) is 4.13. The van der Waals surface area contributed by atoms with Crippen LogP contribution in [0.2, 0.25) is 0 Å². The Labute approximate surface area is 184 Å². The molecule has 1 aliphatic rings. The summed E-state index contributed by atoms with van der Waals surface area (Å²) >= 11 is 0. The minimum absolute atomic E-state index is 0.0882. The van der Waals surface area contributed by atoms with Gasteiger partial charge in [0, 0.05) is 5.92 Å². The predicted molar refractivity (Wildman–Crippen MR) is 119 cm³/mol. The maximum absolute atomic E-state index is 6.28. The average Bonchev–Trinajstić information content (AvgIpc) is 3.20. The molecule has 0 bridgehead atoms. The first-order valence-electron chi connectivity index (χ1n) is 10.4. The lowest BCUT2D eigenvalue weighted by atomic mass is 9.84. The van der Waals surface area contributed by atoms with Crippen LogP contribution >= 0.6 is 0 Å². The lowest BCUT2D eigenvalue weighted by molar-refractivity contribution is 0.0490. The van der Waals surface area contributed by atoms with E-state index in [1.165, 1.54) is 5.56 Å². The number of benzene rings is 2. The van der Waals surface area contributed by atoms with Gasteiger partial charge >= 0.3 is 0 Å². The SMILES string of the molecule is C=CCOCC1C(Cc2ccc(OC)c(OC)c2)CO[C@H]1c1ccc(OC)c(OC)c1. The second kappa shape index (κ2) is 11.1. The Bertz CT molecular complexity index is 865. The summed E-state index contributed by atoms with van der Waals surface area (Å²) in [7, 11) is 6.57. The molecule has 0 N–H and O–H groups in total. The fraction of sp³-hybridized carbons (Fsp3) is 0.440. The Kier molecular flexibility index (Phi) is 8.20. The van der Waals surface area contributed by atoms with Crippen LogP contribution in [0.25, 0.3) is 0 Å². The molecular weight excluding hydrogens is 396 g/mol. The van der Waals surface area contributed by atoms with Gasteiger partial charge in [-0.15, -0.1) is 6.58 Å². The second-order valence-electron chi connectivity index (χ2n) is 7.51. The summed E-state index contributed by atoms with van der Waals surface area (Å²) in [6, 6.07) is 12.0. The van der Waals surface area contributed by atoms with Crippen LogP contribution in [0.3, 0.4) is 0 Å². The Morgan fingerprint density at radius 3 is 2.19 bits per heavy atom. The van der Waals surface area contributed by atoms with Crippen LogP contribution in [-0.2, 0) is 15.9 Å². The van der Waals surface area contributed by atoms with Crippen molar-refractivity contribution in [2.24, 2.45) is 11.8 Å². The van der Waals surface area contributed by atoms with E-state index in [-0.39, 0.29) is 12.0 Å². The monoisotopic (exact) mass is 428 g/mol. The standard InChI is InChI=1S/C25H32O6/c1-6-11-30-16-20-19(12-17-7-9-21(26-2)23(13-17)28-4)15-31-25(20)18-8-10-22(27-3)24(14-18)29-5/h6-10,13-14,19-20,25H,1,11-12,15-16H2,2-5H3/t19?,20?,25-/m0/s1. The van der Waals surface area contributed by atoms with E-state index < -0.39 is 0 Å². The minimum atomic E-state index is -0.0882. The molecule has 31 heavy (non-hydrogen) atoms. The van der Waals surface area contributed by atoms with Crippen molar-refractivity contribution in [2.75, 3.05) is 48.3 Å². The van der Waals surface area contributed by atoms with E-state index in [4.69, 9.17) is 28.4 Å². The van der Waals surface area contributed by atoms with E-state index in [1.807, 2.05) is 30.3 Å². The number of rotatable bonds is 11. The molecule has 3 atom stereocenters. The van der Waals surface area contributed by atoms with Gasteiger partial charge in [-0.05, 0) is 47.7 Å². The highest BCUT2D eigenvalue weighted by molar-refractivity contribution is 5.44. The van der Waals surface area contributed by atoms with Gasteiger partial charge in [-0.3, -0.25) is 0 Å². The van der Waals surface area contributed by atoms with E-state index in [1.54, 1.807) is 34.5 Å². The maximum atomic E-state index is 6.28. The number of hydrogen-bond donors (Lipinski definition) is 0. The Morgan fingerprint density at radius 2 is 1.55 bits per heavy atom. The second-order valence-corrected chi connectivity index (χ2v) is 7.51. The van der Waals surface area contributed by atoms with Crippen LogP contribution in [-0.4, -0.2) is 48.3 Å². The minimum Gasteiger partial charge on any atom is -0.493 e. The van der Waals surface area contributed by atoms with Crippen molar-refractivity contribution in [3.8, 4) is 23.0 Å². The molecule has 168 valence electrons. The van der Waals surface area contributed by atoms with Crippen LogP contribution < -0.4 is 18.9 Å². The van der Waals surface area contributed by atoms with E-state index in [2.05, 4.69) is 12.6 Å². The van der Waals surface area contributed by atoms with Gasteiger partial charge in [0.2, 0.25) is 0 Å². The lowest BCUT2D eigenvalue weighted by Crippen LogP contribution is -2.23. The van der Waals surface area contributed by atoms with Crippen LogP contribution in [0.5, 0.6) is 23.0 Å². The third-order valence-corrected chi connectivity index (χ3v) is 5.71. The number of ether oxygens (including phenoxy) is 6. The summed E-state index contributed by atoms with van der Waals surface area (Å²) in [5.41, 5.74) is 2.23. The van der Waals surface area contributed by atoms with E-state index >= 15 is 0 Å². The third-order valence-electron chi connectivity index (χ3n) is 5.71. The molecule has 2 aromatic carbocycles. The van der Waals surface area contributed by atoms with Crippen molar-refractivity contribution >= 4 is 0 Å². The van der Waals surface area contributed by atoms with Crippen molar-refractivity contribution < 1.29 is 28.4 Å². The molecular formula is C25H32O6. The zero-order valence-corrected chi connectivity index (χ0v) is 18.8. The van der Waals surface area contributed by atoms with Crippen LogP contribution in [0.15, 0.2) is 49.1 Å². The first kappa shape index (κ1) is 23.0. The van der Waals surface area contributed by atoms with Crippen LogP contribution in [0, 0.1) is 11.8 Å². The summed E-state index contributed by atoms with van der Waals surface area (Å²) in [6.07, 6.45) is 2.53. The molecule has 3 rings (SSSR count). The molecule has 0 aliphatic carbocycles. The van der Waals surface area contributed by atoms with E-state index in [9.17, 15) is 0 Å². The molecule has 1 aliphatic heterocycles. The van der Waals surface area contributed by atoms with Gasteiger partial charge in [0.15, 0.2) is 23.0 Å². The van der Waals surface area contributed by atoms with Crippen molar-refractivity contribution in [3.05, 3.63) is 60.2 Å². The van der Waals surface area contributed by atoms with Crippen molar-refractivity contribution in [1.29, 1.82) is 0 Å². The Hall–Kier alpha value is -2.70. The van der Waals surface area contributed by atoms with Gasteiger partial charge in [-0.2, -0.15) is 0 Å². The molecule has 0 amide bonds. The van der Waals surface area contributed by atoms with Crippen LogP contribution in [0.1, 0.15) is 17.2 Å².